The lowest BCUT2D eigenvalue weighted by molar-refractivity contribution is -0.135. The maximum atomic E-state index is 10.3. The van der Waals surface area contributed by atoms with E-state index < -0.39 is 5.97 Å². The molecule has 0 aromatic heterocycles. The highest BCUT2D eigenvalue weighted by Crippen LogP contribution is 2.25. The number of rotatable bonds is 8. The van der Waals surface area contributed by atoms with Crippen molar-refractivity contribution in [1.82, 2.24) is 5.32 Å². The van der Waals surface area contributed by atoms with Crippen molar-refractivity contribution in [2.75, 3.05) is 13.1 Å². The maximum Gasteiger partial charge on any atom is 0.317 e. The molecule has 3 nitrogen and oxygen atoms in total. The zero-order chi connectivity index (χ0) is 14.5. The van der Waals surface area contributed by atoms with Gasteiger partial charge in [-0.1, -0.05) is 77.0 Å². The minimum Gasteiger partial charge on any atom is -0.480 e. The topological polar surface area (TPSA) is 49.3 Å². The average molecular weight is 283 g/mol. The molecule has 1 fully saturated rings. The molecule has 3 heteroatoms. The van der Waals surface area contributed by atoms with Gasteiger partial charge in [0.15, 0.2) is 0 Å². The summed E-state index contributed by atoms with van der Waals surface area (Å²) in [7, 11) is 0. The van der Waals surface area contributed by atoms with Crippen LogP contribution in [0.5, 0.6) is 0 Å². The zero-order valence-corrected chi connectivity index (χ0v) is 13.0. The number of aliphatic carboxylic acids is 1. The molecule has 0 bridgehead atoms. The molecule has 0 saturated heterocycles. The highest BCUT2D eigenvalue weighted by atomic mass is 16.4. The second-order valence-electron chi connectivity index (χ2n) is 6.34. The summed E-state index contributed by atoms with van der Waals surface area (Å²) in [5.41, 5.74) is 0. The van der Waals surface area contributed by atoms with E-state index in [9.17, 15) is 4.79 Å². The molecule has 118 valence electrons. The summed E-state index contributed by atoms with van der Waals surface area (Å²) in [6.45, 7) is 0.944. The van der Waals surface area contributed by atoms with E-state index in [4.69, 9.17) is 5.11 Å². The number of carbonyl (C=O) groups is 1. The summed E-state index contributed by atoms with van der Waals surface area (Å²) in [6.07, 6.45) is 18.0. The summed E-state index contributed by atoms with van der Waals surface area (Å²) in [6, 6.07) is 0. The molecule has 2 N–H and O–H groups in total. The first kappa shape index (κ1) is 17.5. The predicted octanol–water partition coefficient (Wildman–Crippen LogP) is 4.36. The van der Waals surface area contributed by atoms with Crippen LogP contribution in [0, 0.1) is 5.92 Å². The van der Waals surface area contributed by atoms with E-state index in [1.165, 1.54) is 77.0 Å². The Morgan fingerprint density at radius 1 is 0.900 bits per heavy atom. The van der Waals surface area contributed by atoms with Gasteiger partial charge in [0.25, 0.3) is 0 Å². The number of hydrogen-bond donors (Lipinski definition) is 2. The van der Waals surface area contributed by atoms with Crippen molar-refractivity contribution in [1.29, 1.82) is 0 Å². The van der Waals surface area contributed by atoms with Crippen molar-refractivity contribution in [3.8, 4) is 0 Å². The summed E-state index contributed by atoms with van der Waals surface area (Å²) >= 11 is 0. The van der Waals surface area contributed by atoms with Gasteiger partial charge in [-0.15, -0.1) is 0 Å². The third kappa shape index (κ3) is 10.2. The second kappa shape index (κ2) is 12.2. The van der Waals surface area contributed by atoms with Crippen LogP contribution in [0.3, 0.4) is 0 Å². The SMILES string of the molecule is O=C(O)CNCCCCCC1CCCCCCCCC1. The monoisotopic (exact) mass is 283 g/mol. The van der Waals surface area contributed by atoms with Crippen LogP contribution in [0.4, 0.5) is 0 Å². The molecule has 0 aromatic carbocycles. The van der Waals surface area contributed by atoms with E-state index in [2.05, 4.69) is 5.32 Å². The third-order valence-corrected chi connectivity index (χ3v) is 4.47. The molecule has 1 saturated carbocycles. The quantitative estimate of drug-likeness (QED) is 0.651. The van der Waals surface area contributed by atoms with Crippen LogP contribution >= 0.6 is 0 Å². The van der Waals surface area contributed by atoms with Crippen molar-refractivity contribution < 1.29 is 9.90 Å². The van der Waals surface area contributed by atoms with Gasteiger partial charge in [0.05, 0.1) is 6.54 Å². The predicted molar refractivity (Wildman–Crippen MR) is 84.0 cm³/mol. The van der Waals surface area contributed by atoms with Crippen LogP contribution in [0.15, 0.2) is 0 Å². The Kier molecular flexibility index (Phi) is 10.7. The van der Waals surface area contributed by atoms with Crippen molar-refractivity contribution in [2.24, 2.45) is 5.92 Å². The summed E-state index contributed by atoms with van der Waals surface area (Å²) in [4.78, 5) is 10.3. The molecule has 1 rings (SSSR count). The Bertz CT molecular complexity index is 233. The molecule has 0 atom stereocenters. The van der Waals surface area contributed by atoms with E-state index in [-0.39, 0.29) is 6.54 Å². The first-order valence-electron chi connectivity index (χ1n) is 8.71. The molecule has 1 aliphatic rings. The molecule has 0 radical (unpaired) electrons. The Morgan fingerprint density at radius 2 is 1.50 bits per heavy atom. The van der Waals surface area contributed by atoms with Gasteiger partial charge in [-0.05, 0) is 18.9 Å². The zero-order valence-electron chi connectivity index (χ0n) is 13.0. The number of nitrogens with one attached hydrogen (secondary N) is 1. The van der Waals surface area contributed by atoms with Gasteiger partial charge >= 0.3 is 5.97 Å². The Hall–Kier alpha value is -0.570. The lowest BCUT2D eigenvalue weighted by Gasteiger charge is -2.18. The Labute approximate surface area is 124 Å². The van der Waals surface area contributed by atoms with Crippen LogP contribution in [0.1, 0.15) is 83.5 Å². The molecule has 1 aliphatic carbocycles. The van der Waals surface area contributed by atoms with E-state index >= 15 is 0 Å². The summed E-state index contributed by atoms with van der Waals surface area (Å²) < 4.78 is 0. The first-order chi connectivity index (χ1) is 9.79. The normalized spacial score (nSPS) is 18.8. The van der Waals surface area contributed by atoms with E-state index in [1.54, 1.807) is 0 Å². The summed E-state index contributed by atoms with van der Waals surface area (Å²) in [5, 5.41) is 11.5. The fourth-order valence-electron chi connectivity index (χ4n) is 3.24. The number of carboxylic acids is 1. The smallest absolute Gasteiger partial charge is 0.317 e. The van der Waals surface area contributed by atoms with Crippen LogP contribution in [0.2, 0.25) is 0 Å². The van der Waals surface area contributed by atoms with E-state index in [1.807, 2.05) is 0 Å². The molecule has 0 heterocycles. The summed E-state index contributed by atoms with van der Waals surface area (Å²) in [5.74, 6) is 0.201. The lowest BCUT2D eigenvalue weighted by Crippen LogP contribution is -2.23. The molecule has 0 amide bonds. The van der Waals surface area contributed by atoms with E-state index in [0.29, 0.717) is 0 Å². The second-order valence-corrected chi connectivity index (χ2v) is 6.34. The van der Waals surface area contributed by atoms with Gasteiger partial charge < -0.3 is 10.4 Å². The lowest BCUT2D eigenvalue weighted by atomic mass is 9.88. The molecule has 0 spiro atoms. The number of carboxylic acid groups (broad SMARTS) is 1. The molecule has 0 aromatic rings. The molecule has 0 aliphatic heterocycles. The highest BCUT2D eigenvalue weighted by molar-refractivity contribution is 5.68. The molecule has 20 heavy (non-hydrogen) atoms. The number of unbranched alkanes of at least 4 members (excludes halogenated alkanes) is 2. The van der Waals surface area contributed by atoms with Crippen molar-refractivity contribution in [3.05, 3.63) is 0 Å². The fourth-order valence-corrected chi connectivity index (χ4v) is 3.24. The van der Waals surface area contributed by atoms with Crippen LogP contribution < -0.4 is 5.32 Å². The largest absolute Gasteiger partial charge is 0.480 e. The fraction of sp³-hybridized carbons (Fsp3) is 0.941. The minimum absolute atomic E-state index is 0.0998. The average Bonchev–Trinajstić information content (AvgIpc) is 2.44. The van der Waals surface area contributed by atoms with Crippen LogP contribution in [-0.4, -0.2) is 24.2 Å². The highest BCUT2D eigenvalue weighted by Gasteiger charge is 2.09. The molecular formula is C17H33NO2. The van der Waals surface area contributed by atoms with Gasteiger partial charge in [-0.3, -0.25) is 4.79 Å². The van der Waals surface area contributed by atoms with Crippen LogP contribution in [0.25, 0.3) is 0 Å². The Morgan fingerprint density at radius 3 is 2.10 bits per heavy atom. The van der Waals surface area contributed by atoms with Crippen molar-refractivity contribution >= 4 is 5.97 Å². The van der Waals surface area contributed by atoms with Crippen molar-refractivity contribution in [2.45, 2.75) is 83.5 Å². The third-order valence-electron chi connectivity index (χ3n) is 4.47. The van der Waals surface area contributed by atoms with Gasteiger partial charge in [-0.25, -0.2) is 0 Å². The first-order valence-corrected chi connectivity index (χ1v) is 8.71. The van der Waals surface area contributed by atoms with Gasteiger partial charge in [0.2, 0.25) is 0 Å². The minimum atomic E-state index is -0.758. The maximum absolute atomic E-state index is 10.3. The van der Waals surface area contributed by atoms with E-state index in [0.717, 1.165) is 18.9 Å². The van der Waals surface area contributed by atoms with Gasteiger partial charge in [0, 0.05) is 0 Å². The van der Waals surface area contributed by atoms with Gasteiger partial charge in [-0.2, -0.15) is 0 Å². The number of hydrogen-bond acceptors (Lipinski definition) is 2. The Balaban J connectivity index is 1.99. The van der Waals surface area contributed by atoms with Crippen LogP contribution in [-0.2, 0) is 4.79 Å². The standard InChI is InChI=1S/C17H33NO2/c19-17(20)15-18-14-10-6-9-13-16-11-7-4-2-1-3-5-8-12-16/h16,18H,1-15H2,(H,19,20). The molecule has 0 unspecified atom stereocenters. The van der Waals surface area contributed by atoms with Crippen molar-refractivity contribution in [3.63, 3.8) is 0 Å². The molecular weight excluding hydrogens is 250 g/mol. The van der Waals surface area contributed by atoms with Gasteiger partial charge in [0.1, 0.15) is 0 Å².